The Kier molecular flexibility index (Phi) is 2.51. The number of nitrogens with zero attached hydrogens (tertiary/aromatic N) is 1. The fourth-order valence-corrected chi connectivity index (χ4v) is 1.60. The van der Waals surface area contributed by atoms with Crippen molar-refractivity contribution in [2.45, 2.75) is 24.4 Å². The van der Waals surface area contributed by atoms with Gasteiger partial charge in [-0.05, 0) is 0 Å². The second-order valence-corrected chi connectivity index (χ2v) is 3.29. The lowest BCUT2D eigenvalue weighted by Crippen LogP contribution is -2.35. The Morgan fingerprint density at radius 1 is 1.50 bits per heavy atom. The monoisotopic (exact) mass is 199 g/mol. The van der Waals surface area contributed by atoms with E-state index in [4.69, 9.17) is 10.5 Å². The fourth-order valence-electron chi connectivity index (χ4n) is 1.60. The Morgan fingerprint density at radius 3 is 2.79 bits per heavy atom. The zero-order valence-electron chi connectivity index (χ0n) is 7.50. The molecule has 0 spiro atoms. The molecule has 0 saturated carbocycles. The molecule has 1 aromatic heterocycles. The van der Waals surface area contributed by atoms with Crippen LogP contribution >= 0.6 is 0 Å². The van der Waals surface area contributed by atoms with Crippen molar-refractivity contribution in [1.82, 2.24) is 9.97 Å². The number of rotatable bonds is 2. The first-order valence-corrected chi connectivity index (χ1v) is 4.45. The van der Waals surface area contributed by atoms with Gasteiger partial charge in [0.05, 0.1) is 6.10 Å². The van der Waals surface area contributed by atoms with E-state index in [-0.39, 0.29) is 6.54 Å². The number of aromatic amines is 1. The second-order valence-electron chi connectivity index (χ2n) is 3.29. The van der Waals surface area contributed by atoms with Crippen LogP contribution in [0.4, 0.5) is 0 Å². The molecule has 1 aliphatic rings. The average molecular weight is 199 g/mol. The molecular weight excluding hydrogens is 186 g/mol. The molecular formula is C8H13N3O3. The molecule has 78 valence electrons. The first kappa shape index (κ1) is 9.60. The van der Waals surface area contributed by atoms with Gasteiger partial charge in [0, 0.05) is 18.9 Å². The summed E-state index contributed by atoms with van der Waals surface area (Å²) in [5.41, 5.74) is 5.38. The van der Waals surface area contributed by atoms with Crippen molar-refractivity contribution in [3.8, 4) is 0 Å². The maximum absolute atomic E-state index is 9.64. The third kappa shape index (κ3) is 1.42. The quantitative estimate of drug-likeness (QED) is 0.465. The number of nitrogens with one attached hydrogen (secondary N) is 1. The molecule has 1 saturated heterocycles. The SMILES string of the molecule is NC[C@H]1O[C@@H](c2ncc[nH]2)[C@H](O)[C@@H]1O. The van der Waals surface area contributed by atoms with Crippen molar-refractivity contribution in [3.63, 3.8) is 0 Å². The van der Waals surface area contributed by atoms with E-state index >= 15 is 0 Å². The van der Waals surface area contributed by atoms with E-state index in [1.807, 2.05) is 0 Å². The number of H-pyrrole nitrogens is 1. The Morgan fingerprint density at radius 2 is 2.29 bits per heavy atom. The highest BCUT2D eigenvalue weighted by Gasteiger charge is 2.43. The number of imidazole rings is 1. The van der Waals surface area contributed by atoms with Crippen LogP contribution in [0.3, 0.4) is 0 Å². The third-order valence-electron chi connectivity index (χ3n) is 2.38. The minimum Gasteiger partial charge on any atom is -0.388 e. The van der Waals surface area contributed by atoms with Gasteiger partial charge in [0.15, 0.2) is 0 Å². The van der Waals surface area contributed by atoms with Crippen LogP contribution in [0.5, 0.6) is 0 Å². The van der Waals surface area contributed by atoms with Crippen molar-refractivity contribution in [2.75, 3.05) is 6.54 Å². The Labute approximate surface area is 80.7 Å². The largest absolute Gasteiger partial charge is 0.388 e. The Hall–Kier alpha value is -0.950. The highest BCUT2D eigenvalue weighted by atomic mass is 16.5. The van der Waals surface area contributed by atoms with E-state index < -0.39 is 24.4 Å². The maximum Gasteiger partial charge on any atom is 0.144 e. The van der Waals surface area contributed by atoms with Gasteiger partial charge in [-0.2, -0.15) is 0 Å². The first-order chi connectivity index (χ1) is 6.74. The zero-order valence-corrected chi connectivity index (χ0v) is 7.50. The second kappa shape index (κ2) is 3.66. The molecule has 5 N–H and O–H groups in total. The predicted molar refractivity (Wildman–Crippen MR) is 47.3 cm³/mol. The lowest BCUT2D eigenvalue weighted by atomic mass is 10.1. The molecule has 0 aliphatic carbocycles. The number of hydrogen-bond donors (Lipinski definition) is 4. The van der Waals surface area contributed by atoms with Crippen molar-refractivity contribution in [3.05, 3.63) is 18.2 Å². The summed E-state index contributed by atoms with van der Waals surface area (Å²) in [6.45, 7) is 0.176. The molecule has 0 aromatic carbocycles. The summed E-state index contributed by atoms with van der Waals surface area (Å²) in [7, 11) is 0. The lowest BCUT2D eigenvalue weighted by molar-refractivity contribution is 0.00689. The molecule has 0 radical (unpaired) electrons. The molecule has 0 unspecified atom stereocenters. The van der Waals surface area contributed by atoms with E-state index in [0.29, 0.717) is 5.82 Å². The molecule has 0 bridgehead atoms. The minimum absolute atomic E-state index is 0.176. The van der Waals surface area contributed by atoms with Gasteiger partial charge in [0.2, 0.25) is 0 Å². The molecule has 0 amide bonds. The normalized spacial score (nSPS) is 37.6. The van der Waals surface area contributed by atoms with Gasteiger partial charge in [0.1, 0.15) is 24.1 Å². The average Bonchev–Trinajstić information content (AvgIpc) is 2.78. The van der Waals surface area contributed by atoms with Crippen LogP contribution in [-0.2, 0) is 4.74 Å². The van der Waals surface area contributed by atoms with Crippen LogP contribution in [0.25, 0.3) is 0 Å². The molecule has 2 heterocycles. The number of hydrogen-bond acceptors (Lipinski definition) is 5. The van der Waals surface area contributed by atoms with Crippen LogP contribution < -0.4 is 5.73 Å². The summed E-state index contributed by atoms with van der Waals surface area (Å²) in [4.78, 5) is 6.79. The Bertz CT molecular complexity index is 290. The van der Waals surface area contributed by atoms with E-state index in [2.05, 4.69) is 9.97 Å². The number of nitrogens with two attached hydrogens (primary N) is 1. The number of aliphatic hydroxyl groups is 2. The van der Waals surface area contributed by atoms with E-state index in [1.165, 1.54) is 0 Å². The summed E-state index contributed by atoms with van der Waals surface area (Å²) >= 11 is 0. The molecule has 4 atom stereocenters. The lowest BCUT2D eigenvalue weighted by Gasteiger charge is -2.11. The topological polar surface area (TPSA) is 104 Å². The Balaban J connectivity index is 2.16. The number of aromatic nitrogens is 2. The molecule has 6 nitrogen and oxygen atoms in total. The van der Waals surface area contributed by atoms with Crippen molar-refractivity contribution in [1.29, 1.82) is 0 Å². The van der Waals surface area contributed by atoms with Gasteiger partial charge in [-0.25, -0.2) is 4.98 Å². The summed E-state index contributed by atoms with van der Waals surface area (Å²) in [5.74, 6) is 0.507. The van der Waals surface area contributed by atoms with Crippen molar-refractivity contribution in [2.24, 2.45) is 5.73 Å². The first-order valence-electron chi connectivity index (χ1n) is 4.45. The van der Waals surface area contributed by atoms with Gasteiger partial charge < -0.3 is 25.7 Å². The van der Waals surface area contributed by atoms with Gasteiger partial charge in [-0.15, -0.1) is 0 Å². The standard InChI is InChI=1S/C8H13N3O3/c9-3-4-5(12)6(13)7(14-4)8-10-1-2-11-8/h1-2,4-7,12-13H,3,9H2,(H,10,11)/t4-,5-,6-,7-/m1/s1. The highest BCUT2D eigenvalue weighted by molar-refractivity contribution is 5.03. The summed E-state index contributed by atoms with van der Waals surface area (Å²) in [5, 5.41) is 19.2. The number of ether oxygens (including phenoxy) is 1. The van der Waals surface area contributed by atoms with Crippen LogP contribution in [0.1, 0.15) is 11.9 Å². The predicted octanol–water partition coefficient (Wildman–Crippen LogP) is -1.47. The maximum atomic E-state index is 9.64. The van der Waals surface area contributed by atoms with E-state index in [9.17, 15) is 10.2 Å². The van der Waals surface area contributed by atoms with Gasteiger partial charge in [-0.3, -0.25) is 0 Å². The van der Waals surface area contributed by atoms with E-state index in [0.717, 1.165) is 0 Å². The highest BCUT2D eigenvalue weighted by Crippen LogP contribution is 2.30. The van der Waals surface area contributed by atoms with Crippen LogP contribution in [0, 0.1) is 0 Å². The zero-order chi connectivity index (χ0) is 10.1. The number of aliphatic hydroxyl groups excluding tert-OH is 2. The molecule has 1 aliphatic heterocycles. The van der Waals surface area contributed by atoms with Crippen LogP contribution in [0.15, 0.2) is 12.4 Å². The molecule has 1 fully saturated rings. The van der Waals surface area contributed by atoms with E-state index in [1.54, 1.807) is 12.4 Å². The minimum atomic E-state index is -0.977. The molecule has 1 aromatic rings. The molecule has 6 heteroatoms. The summed E-state index contributed by atoms with van der Waals surface area (Å²) < 4.78 is 5.36. The summed E-state index contributed by atoms with van der Waals surface area (Å²) in [6, 6.07) is 0. The van der Waals surface area contributed by atoms with Gasteiger partial charge in [0.25, 0.3) is 0 Å². The molecule has 14 heavy (non-hydrogen) atoms. The van der Waals surface area contributed by atoms with Gasteiger partial charge in [-0.1, -0.05) is 0 Å². The molecule has 2 rings (SSSR count). The fraction of sp³-hybridized carbons (Fsp3) is 0.625. The van der Waals surface area contributed by atoms with Gasteiger partial charge >= 0.3 is 0 Å². The summed E-state index contributed by atoms with van der Waals surface area (Å²) in [6.07, 6.45) is 0.125. The van der Waals surface area contributed by atoms with Crippen molar-refractivity contribution >= 4 is 0 Å². The third-order valence-corrected chi connectivity index (χ3v) is 2.38. The van der Waals surface area contributed by atoms with Crippen LogP contribution in [-0.4, -0.2) is 45.0 Å². The van der Waals surface area contributed by atoms with Crippen molar-refractivity contribution < 1.29 is 14.9 Å². The van der Waals surface area contributed by atoms with Crippen LogP contribution in [0.2, 0.25) is 0 Å². The smallest absolute Gasteiger partial charge is 0.144 e.